The fourth-order valence-electron chi connectivity index (χ4n) is 7.61. The highest BCUT2D eigenvalue weighted by molar-refractivity contribution is 5.88. The molecule has 0 bridgehead atoms. The molecule has 0 aromatic carbocycles. The number of ether oxygens (including phenoxy) is 13. The quantitative estimate of drug-likeness (QED) is 0.0960. The molecule has 1 fully saturated rings. The van der Waals surface area contributed by atoms with E-state index in [0.717, 1.165) is 69.6 Å². The van der Waals surface area contributed by atoms with Gasteiger partial charge >= 0.3 is 71.4 Å². The standard InChI is InChI=1S/C24H34O13.C22H30O11/c1-9-10-18-20(34-15(5)27)12(2)21(37-24(18,23(30)31-8)36-17(7)29)22(35-16(6)28)19(33-14(4)26)11-32-13(3)25;1-8-9-16-18(31-14(5)25)11(2)19(33-20(16)22(27)28-7)21(32-15(6)26)17(30-13(4)24)10-29-12(3)23/h9,12,18-22H,1,10-11H2,2-8H3;8-9,11,17-19,21H,10H2,1-7H3/b;9-8+/t12-,18+,19-,20-,21-,22-,24?;11-,17-,18-,19-,21-/m11/s1. The van der Waals surface area contributed by atoms with E-state index in [0.29, 0.717) is 0 Å². The van der Waals surface area contributed by atoms with Crippen molar-refractivity contribution < 1.29 is 114 Å². The Bertz CT molecular complexity index is 2000. The number of hydrogen-bond donors (Lipinski definition) is 0. The van der Waals surface area contributed by atoms with E-state index in [4.69, 9.17) is 61.6 Å². The fraction of sp³-hybridized carbons (Fsp3) is 0.630. The molecule has 1 unspecified atom stereocenters. The Balaban J connectivity index is 0.000000705. The van der Waals surface area contributed by atoms with Gasteiger partial charge in [0, 0.05) is 79.7 Å². The normalized spacial score (nSPS) is 24.3. The minimum atomic E-state index is -2.48. The van der Waals surface area contributed by atoms with Gasteiger partial charge in [-0.15, -0.1) is 6.58 Å². The lowest BCUT2D eigenvalue weighted by molar-refractivity contribution is -0.332. The van der Waals surface area contributed by atoms with Gasteiger partial charge in [0.1, 0.15) is 37.6 Å². The summed E-state index contributed by atoms with van der Waals surface area (Å²) < 4.78 is 69.4. The van der Waals surface area contributed by atoms with Crippen molar-refractivity contribution in [1.29, 1.82) is 0 Å². The Kier molecular flexibility index (Phi) is 25.0. The van der Waals surface area contributed by atoms with Crippen molar-refractivity contribution in [3.8, 4) is 0 Å². The predicted molar refractivity (Wildman–Crippen MR) is 233 cm³/mol. The monoisotopic (exact) mass is 1000 g/mol. The van der Waals surface area contributed by atoms with Crippen LogP contribution in [0, 0.1) is 17.8 Å². The average molecular weight is 1000 g/mol. The maximum Gasteiger partial charge on any atom is 0.380 e. The summed E-state index contributed by atoms with van der Waals surface area (Å²) in [6.07, 6.45) is -5.72. The van der Waals surface area contributed by atoms with Crippen LogP contribution in [0.15, 0.2) is 36.1 Å². The third kappa shape index (κ3) is 17.9. The van der Waals surface area contributed by atoms with E-state index in [1.54, 1.807) is 26.8 Å². The fourth-order valence-corrected chi connectivity index (χ4v) is 7.61. The molecule has 0 N–H and O–H groups in total. The van der Waals surface area contributed by atoms with Crippen LogP contribution in [-0.4, -0.2) is 148 Å². The van der Waals surface area contributed by atoms with Gasteiger partial charge in [0.15, 0.2) is 24.4 Å². The van der Waals surface area contributed by atoms with E-state index < -0.39 is 151 Å². The van der Waals surface area contributed by atoms with Crippen LogP contribution in [0.4, 0.5) is 0 Å². The second-order valence-electron chi connectivity index (χ2n) is 15.7. The molecular weight excluding hydrogens is 936 g/mol. The molecule has 0 spiro atoms. The maximum atomic E-state index is 13.1. The molecule has 24 nitrogen and oxygen atoms in total. The molecule has 0 aromatic rings. The molecule has 2 rings (SSSR count). The van der Waals surface area contributed by atoms with Crippen molar-refractivity contribution in [2.75, 3.05) is 27.4 Å². The van der Waals surface area contributed by atoms with Crippen LogP contribution in [0.5, 0.6) is 0 Å². The van der Waals surface area contributed by atoms with E-state index in [1.165, 1.54) is 19.1 Å². The Morgan fingerprint density at radius 3 is 1.46 bits per heavy atom. The van der Waals surface area contributed by atoms with E-state index in [9.17, 15) is 52.7 Å². The topological polar surface area (TPSA) is 308 Å². The van der Waals surface area contributed by atoms with Gasteiger partial charge in [-0.2, -0.15) is 0 Å². The SMILES string of the molecule is C/C=C/C1=C(C(=O)OC)O[C@@H]([C@H](OC(C)=O)[C@@H](COC(C)=O)OC(C)=O)[C@H](C)[C@H]1OC(C)=O.C=CC[C@H]1[C@H](OC(C)=O)[C@@H](C)[C@H]([C@H](OC(C)=O)[C@@H](COC(C)=O)OC(C)=O)OC1(OC(C)=O)C(=O)OC. The van der Waals surface area contributed by atoms with E-state index in [1.807, 2.05) is 0 Å². The van der Waals surface area contributed by atoms with Gasteiger partial charge < -0.3 is 61.6 Å². The molecule has 2 aliphatic rings. The first-order valence-corrected chi connectivity index (χ1v) is 21.6. The molecule has 0 radical (unpaired) electrons. The van der Waals surface area contributed by atoms with Crippen LogP contribution < -0.4 is 0 Å². The van der Waals surface area contributed by atoms with E-state index >= 15 is 0 Å². The Hall–Kier alpha value is -6.85. The lowest BCUT2D eigenvalue weighted by atomic mass is 9.75. The summed E-state index contributed by atoms with van der Waals surface area (Å²) in [4.78, 5) is 132. The molecule has 12 atom stereocenters. The summed E-state index contributed by atoms with van der Waals surface area (Å²) in [5.74, 6) is -14.2. The minimum Gasteiger partial charge on any atom is -0.478 e. The van der Waals surface area contributed by atoms with E-state index in [2.05, 4.69) is 6.58 Å². The van der Waals surface area contributed by atoms with Crippen molar-refractivity contribution in [3.05, 3.63) is 36.1 Å². The number of rotatable bonds is 20. The first-order valence-electron chi connectivity index (χ1n) is 21.6. The maximum absolute atomic E-state index is 13.1. The highest BCUT2D eigenvalue weighted by atomic mass is 16.8. The number of hydrogen-bond acceptors (Lipinski definition) is 24. The van der Waals surface area contributed by atoms with E-state index in [-0.39, 0.29) is 17.8 Å². The molecule has 0 aliphatic carbocycles. The largest absolute Gasteiger partial charge is 0.478 e. The lowest BCUT2D eigenvalue weighted by Crippen LogP contribution is -2.68. The van der Waals surface area contributed by atoms with Gasteiger partial charge in [-0.3, -0.25) is 43.2 Å². The number of carbonyl (C=O) groups is 11. The van der Waals surface area contributed by atoms with Gasteiger partial charge in [-0.1, -0.05) is 32.1 Å². The van der Waals surface area contributed by atoms with Crippen molar-refractivity contribution >= 4 is 65.7 Å². The molecule has 24 heteroatoms. The molecule has 70 heavy (non-hydrogen) atoms. The zero-order valence-electron chi connectivity index (χ0n) is 41.7. The number of esters is 11. The number of allylic oxidation sites excluding steroid dienone is 2. The molecule has 2 heterocycles. The van der Waals surface area contributed by atoms with Crippen LogP contribution >= 0.6 is 0 Å². The first-order chi connectivity index (χ1) is 32.6. The number of carbonyl (C=O) groups excluding carboxylic acids is 11. The van der Waals surface area contributed by atoms with Crippen LogP contribution in [0.1, 0.15) is 89.5 Å². The lowest BCUT2D eigenvalue weighted by Gasteiger charge is -2.51. The summed E-state index contributed by atoms with van der Waals surface area (Å²) in [6.45, 7) is 17.6. The smallest absolute Gasteiger partial charge is 0.380 e. The van der Waals surface area contributed by atoms with Gasteiger partial charge in [0.2, 0.25) is 5.76 Å². The Morgan fingerprint density at radius 1 is 0.614 bits per heavy atom. The number of methoxy groups -OCH3 is 2. The highest BCUT2D eigenvalue weighted by Crippen LogP contribution is 2.45. The highest BCUT2D eigenvalue weighted by Gasteiger charge is 2.64. The second-order valence-corrected chi connectivity index (χ2v) is 15.7. The first kappa shape index (κ1) is 61.2. The van der Waals surface area contributed by atoms with Crippen molar-refractivity contribution in [2.45, 2.75) is 144 Å². The molecular formula is C46H64O24. The third-order valence-electron chi connectivity index (χ3n) is 10.1. The van der Waals surface area contributed by atoms with Gasteiger partial charge in [0.25, 0.3) is 0 Å². The molecule has 0 saturated carbocycles. The molecule has 0 aromatic heterocycles. The van der Waals surface area contributed by atoms with Gasteiger partial charge in [0.05, 0.1) is 20.1 Å². The van der Waals surface area contributed by atoms with Crippen LogP contribution in [0.2, 0.25) is 0 Å². The predicted octanol–water partition coefficient (Wildman–Crippen LogP) is 2.39. The minimum absolute atomic E-state index is 0.0313. The summed E-state index contributed by atoms with van der Waals surface area (Å²) in [6, 6.07) is 0. The zero-order chi connectivity index (χ0) is 53.8. The molecule has 392 valence electrons. The van der Waals surface area contributed by atoms with Crippen molar-refractivity contribution in [1.82, 2.24) is 0 Å². The Morgan fingerprint density at radius 2 is 1.09 bits per heavy atom. The summed E-state index contributed by atoms with van der Waals surface area (Å²) in [5, 5.41) is 0. The van der Waals surface area contributed by atoms with Crippen molar-refractivity contribution in [3.63, 3.8) is 0 Å². The Labute approximate surface area is 404 Å². The van der Waals surface area contributed by atoms with Crippen LogP contribution in [-0.2, 0) is 114 Å². The second kappa shape index (κ2) is 28.6. The van der Waals surface area contributed by atoms with Crippen LogP contribution in [0.3, 0.4) is 0 Å². The summed E-state index contributed by atoms with van der Waals surface area (Å²) >= 11 is 0. The molecule has 2 aliphatic heterocycles. The molecule has 0 amide bonds. The zero-order valence-corrected chi connectivity index (χ0v) is 41.7. The molecule has 1 saturated heterocycles. The summed E-state index contributed by atoms with van der Waals surface area (Å²) in [7, 11) is 2.17. The van der Waals surface area contributed by atoms with Gasteiger partial charge in [-0.25, -0.2) is 9.59 Å². The average Bonchev–Trinajstić information content (AvgIpc) is 3.24. The van der Waals surface area contributed by atoms with Crippen molar-refractivity contribution in [2.24, 2.45) is 17.8 Å². The summed E-state index contributed by atoms with van der Waals surface area (Å²) in [5.41, 5.74) is 0.244. The van der Waals surface area contributed by atoms with Crippen LogP contribution in [0.25, 0.3) is 0 Å². The van der Waals surface area contributed by atoms with Gasteiger partial charge in [-0.05, 0) is 13.3 Å². The third-order valence-corrected chi connectivity index (χ3v) is 10.1.